The van der Waals surface area contributed by atoms with Crippen LogP contribution in [-0.2, 0) is 15.1 Å². The Hall–Kier alpha value is -1.94. The lowest BCUT2D eigenvalue weighted by molar-refractivity contribution is 0.100. The Morgan fingerprint density at radius 1 is 0.957 bits per heavy atom. The summed E-state index contributed by atoms with van der Waals surface area (Å²) in [4.78, 5) is 12.9. The van der Waals surface area contributed by atoms with E-state index in [4.69, 9.17) is 0 Å². The van der Waals surface area contributed by atoms with Crippen molar-refractivity contribution in [3.05, 3.63) is 65.2 Å². The molecule has 0 aliphatic carbocycles. The van der Waals surface area contributed by atoms with Gasteiger partial charge in [-0.2, -0.15) is 4.36 Å². The molecule has 0 radical (unpaired) electrons. The van der Waals surface area contributed by atoms with E-state index in [-0.39, 0.29) is 5.41 Å². The first-order valence-corrected chi connectivity index (χ1v) is 9.46. The number of hydrogen-bond donors (Lipinski definition) is 0. The number of amides is 1. The molecule has 4 heteroatoms. The molecule has 0 bridgehead atoms. The molecule has 23 heavy (non-hydrogen) atoms. The quantitative estimate of drug-likeness (QED) is 0.809. The van der Waals surface area contributed by atoms with E-state index in [0.29, 0.717) is 10.5 Å². The van der Waals surface area contributed by atoms with Gasteiger partial charge in [0.1, 0.15) is 0 Å². The monoisotopic (exact) mass is 329 g/mol. The molecule has 0 saturated carbocycles. The smallest absolute Gasteiger partial charge is 0.266 e. The maximum atomic E-state index is 12.7. The lowest BCUT2D eigenvalue weighted by Crippen LogP contribution is -2.11. The normalized spacial score (nSPS) is 14.1. The molecule has 2 aromatic carbocycles. The molecule has 0 aromatic heterocycles. The summed E-state index contributed by atoms with van der Waals surface area (Å²) in [7, 11) is -2.74. The molecule has 0 spiro atoms. The van der Waals surface area contributed by atoms with Crippen molar-refractivity contribution in [2.45, 2.75) is 38.0 Å². The highest BCUT2D eigenvalue weighted by molar-refractivity contribution is 7.93. The molecule has 0 saturated heterocycles. The molecule has 0 heterocycles. The summed E-state index contributed by atoms with van der Waals surface area (Å²) in [5.74, 6) is -0.446. The second-order valence-corrected chi connectivity index (χ2v) is 9.10. The number of rotatable bonds is 2. The number of carbonyl (C=O) groups excluding carboxylic acids is 1. The van der Waals surface area contributed by atoms with E-state index in [2.05, 4.69) is 25.1 Å². The van der Waals surface area contributed by atoms with E-state index in [0.717, 1.165) is 11.1 Å². The van der Waals surface area contributed by atoms with E-state index in [9.17, 15) is 9.00 Å². The molecular weight excluding hydrogens is 306 g/mol. The molecular formula is C19H23NO2S. The van der Waals surface area contributed by atoms with Crippen LogP contribution in [0.15, 0.2) is 57.8 Å². The van der Waals surface area contributed by atoms with Crippen molar-refractivity contribution in [2.24, 2.45) is 4.36 Å². The van der Waals surface area contributed by atoms with Crippen LogP contribution in [0.1, 0.15) is 42.3 Å². The van der Waals surface area contributed by atoms with Crippen LogP contribution in [0.2, 0.25) is 0 Å². The summed E-state index contributed by atoms with van der Waals surface area (Å²) in [5.41, 5.74) is 2.70. The van der Waals surface area contributed by atoms with E-state index in [1.165, 1.54) is 6.26 Å². The second-order valence-electron chi connectivity index (χ2n) is 6.84. The summed E-state index contributed by atoms with van der Waals surface area (Å²) >= 11 is 0. The van der Waals surface area contributed by atoms with E-state index in [1.807, 2.05) is 31.2 Å². The summed E-state index contributed by atoms with van der Waals surface area (Å²) in [6.45, 7) is 8.31. The third-order valence-corrected chi connectivity index (χ3v) is 5.37. The third-order valence-electron chi connectivity index (χ3n) is 3.71. The standard InChI is InChI=1S/C19H23NO2S/c1-14-6-12-17(13-7-14)23(5,22)20-18(21)15-8-10-16(11-9-15)19(2,3)4/h6-13H,1-5H3/t23-/m1/s1. The van der Waals surface area contributed by atoms with Crippen LogP contribution in [0.3, 0.4) is 0 Å². The minimum Gasteiger partial charge on any atom is -0.266 e. The maximum absolute atomic E-state index is 12.7. The van der Waals surface area contributed by atoms with Crippen molar-refractivity contribution in [3.8, 4) is 0 Å². The molecule has 1 atom stereocenters. The summed E-state index contributed by atoms with van der Waals surface area (Å²) in [6.07, 6.45) is 1.50. The number of nitrogens with zero attached hydrogens (tertiary/aromatic N) is 1. The van der Waals surface area contributed by atoms with Crippen LogP contribution in [-0.4, -0.2) is 16.4 Å². The molecule has 122 valence electrons. The molecule has 3 nitrogen and oxygen atoms in total. The zero-order chi connectivity index (χ0) is 17.3. The second kappa shape index (κ2) is 6.28. The lowest BCUT2D eigenvalue weighted by atomic mass is 9.87. The van der Waals surface area contributed by atoms with Crippen LogP contribution in [0.5, 0.6) is 0 Å². The Kier molecular flexibility index (Phi) is 4.76. The zero-order valence-corrected chi connectivity index (χ0v) is 15.1. The number of hydrogen-bond acceptors (Lipinski definition) is 2. The fourth-order valence-corrected chi connectivity index (χ4v) is 3.34. The summed E-state index contributed by atoms with van der Waals surface area (Å²) < 4.78 is 16.7. The number of aryl methyl sites for hydroxylation is 1. The number of carbonyl (C=O) groups is 1. The molecule has 0 fully saturated rings. The average Bonchev–Trinajstić information content (AvgIpc) is 2.46. The van der Waals surface area contributed by atoms with Gasteiger partial charge in [0.05, 0.1) is 9.73 Å². The van der Waals surface area contributed by atoms with Crippen molar-refractivity contribution in [1.29, 1.82) is 0 Å². The average molecular weight is 329 g/mol. The van der Waals surface area contributed by atoms with Gasteiger partial charge in [0.2, 0.25) is 0 Å². The topological polar surface area (TPSA) is 46.5 Å². The van der Waals surface area contributed by atoms with Crippen molar-refractivity contribution in [3.63, 3.8) is 0 Å². The largest absolute Gasteiger partial charge is 0.285 e. The first kappa shape index (κ1) is 17.4. The van der Waals surface area contributed by atoms with Gasteiger partial charge in [-0.15, -0.1) is 0 Å². The maximum Gasteiger partial charge on any atom is 0.285 e. The van der Waals surface area contributed by atoms with Gasteiger partial charge in [-0.1, -0.05) is 50.6 Å². The Bertz CT molecular complexity index is 819. The van der Waals surface area contributed by atoms with Crippen LogP contribution < -0.4 is 0 Å². The third kappa shape index (κ3) is 4.29. The lowest BCUT2D eigenvalue weighted by Gasteiger charge is -2.18. The predicted octanol–water partition coefficient (Wildman–Crippen LogP) is 4.59. The Morgan fingerprint density at radius 2 is 1.48 bits per heavy atom. The van der Waals surface area contributed by atoms with Gasteiger partial charge in [-0.3, -0.25) is 4.79 Å². The highest BCUT2D eigenvalue weighted by Gasteiger charge is 2.15. The molecule has 0 aliphatic rings. The van der Waals surface area contributed by atoms with Gasteiger partial charge in [0.25, 0.3) is 5.91 Å². The van der Waals surface area contributed by atoms with Gasteiger partial charge in [0, 0.05) is 16.7 Å². The van der Waals surface area contributed by atoms with Crippen LogP contribution in [0, 0.1) is 6.92 Å². The van der Waals surface area contributed by atoms with E-state index >= 15 is 0 Å². The Labute approximate surface area is 138 Å². The predicted molar refractivity (Wildman–Crippen MR) is 95.4 cm³/mol. The van der Waals surface area contributed by atoms with Crippen LogP contribution >= 0.6 is 0 Å². The first-order chi connectivity index (χ1) is 10.6. The summed E-state index contributed by atoms with van der Waals surface area (Å²) in [6, 6.07) is 14.6. The van der Waals surface area contributed by atoms with E-state index < -0.39 is 15.6 Å². The molecule has 2 rings (SSSR count). The molecule has 1 amide bonds. The first-order valence-electron chi connectivity index (χ1n) is 7.53. The molecule has 2 aromatic rings. The van der Waals surface area contributed by atoms with Gasteiger partial charge in [0.15, 0.2) is 0 Å². The highest BCUT2D eigenvalue weighted by atomic mass is 32.2. The molecule has 0 aliphatic heterocycles. The van der Waals surface area contributed by atoms with Crippen molar-refractivity contribution < 1.29 is 9.00 Å². The van der Waals surface area contributed by atoms with Gasteiger partial charge >= 0.3 is 0 Å². The Balaban J connectivity index is 2.33. The SMILES string of the molecule is Cc1ccc([S@@](C)(=O)=NC(=O)c2ccc(C(C)(C)C)cc2)cc1. The van der Waals surface area contributed by atoms with Gasteiger partial charge in [-0.25, -0.2) is 4.21 Å². The van der Waals surface area contributed by atoms with Crippen LogP contribution in [0.4, 0.5) is 0 Å². The fraction of sp³-hybridized carbons (Fsp3) is 0.316. The fourth-order valence-electron chi connectivity index (χ4n) is 2.17. The Morgan fingerprint density at radius 3 is 1.96 bits per heavy atom. The minimum absolute atomic E-state index is 0.0267. The van der Waals surface area contributed by atoms with Crippen molar-refractivity contribution >= 4 is 15.6 Å². The minimum atomic E-state index is -2.74. The molecule has 0 unspecified atom stereocenters. The number of benzene rings is 2. The molecule has 0 N–H and O–H groups in total. The van der Waals surface area contributed by atoms with Gasteiger partial charge < -0.3 is 0 Å². The zero-order valence-electron chi connectivity index (χ0n) is 14.3. The highest BCUT2D eigenvalue weighted by Crippen LogP contribution is 2.22. The van der Waals surface area contributed by atoms with E-state index in [1.54, 1.807) is 24.3 Å². The van der Waals surface area contributed by atoms with Crippen LogP contribution in [0.25, 0.3) is 0 Å². The summed E-state index contributed by atoms with van der Waals surface area (Å²) in [5, 5.41) is 0. The van der Waals surface area contributed by atoms with Gasteiger partial charge in [-0.05, 0) is 42.2 Å². The van der Waals surface area contributed by atoms with Crippen molar-refractivity contribution in [2.75, 3.05) is 6.26 Å². The van der Waals surface area contributed by atoms with Crippen molar-refractivity contribution in [1.82, 2.24) is 0 Å².